The number of hydrogen-bond acceptors (Lipinski definition) is 7. The molecule has 0 bridgehead atoms. The van der Waals surface area contributed by atoms with Crippen LogP contribution in [-0.4, -0.2) is 57.8 Å². The van der Waals surface area contributed by atoms with E-state index in [1.165, 1.54) is 5.56 Å². The lowest BCUT2D eigenvalue weighted by Gasteiger charge is -2.38. The Balaban J connectivity index is 1.64. The molecule has 0 amide bonds. The maximum atomic E-state index is 6.50. The minimum atomic E-state index is -0.885. The van der Waals surface area contributed by atoms with E-state index in [2.05, 4.69) is 47.5 Å². The quantitative estimate of drug-likeness (QED) is 0.748. The van der Waals surface area contributed by atoms with Crippen LogP contribution in [0.2, 0.25) is 0 Å². The first-order chi connectivity index (χ1) is 15.4. The van der Waals surface area contributed by atoms with Crippen LogP contribution in [0.4, 0.5) is 0 Å². The number of rotatable bonds is 4. The van der Waals surface area contributed by atoms with Gasteiger partial charge in [0.2, 0.25) is 11.7 Å². The van der Waals surface area contributed by atoms with Gasteiger partial charge in [-0.05, 0) is 53.6 Å². The minimum Gasteiger partial charge on any atom is -0.379 e. The zero-order valence-electron chi connectivity index (χ0n) is 19.0. The van der Waals surface area contributed by atoms with Crippen molar-refractivity contribution in [2.45, 2.75) is 37.2 Å². The van der Waals surface area contributed by atoms with Gasteiger partial charge in [0, 0.05) is 45.5 Å². The average molecular weight is 435 g/mol. The first-order valence-corrected chi connectivity index (χ1v) is 10.9. The summed E-state index contributed by atoms with van der Waals surface area (Å²) in [5.74, 6) is 0.388. The van der Waals surface area contributed by atoms with E-state index in [0.717, 1.165) is 41.5 Å². The Bertz CT molecular complexity index is 1090. The molecule has 168 valence electrons. The summed E-state index contributed by atoms with van der Waals surface area (Å²) in [6.07, 6.45) is 4.26. The highest BCUT2D eigenvalue weighted by Crippen LogP contribution is 2.63. The number of hydrogen-bond donors (Lipinski definition) is 1. The predicted molar refractivity (Wildman–Crippen MR) is 125 cm³/mol. The molecule has 32 heavy (non-hydrogen) atoms. The number of hydroxylamine groups is 2. The largest absolute Gasteiger partial charge is 0.379 e. The molecular formula is C25H30N4O3. The Morgan fingerprint density at radius 3 is 2.47 bits per heavy atom. The summed E-state index contributed by atoms with van der Waals surface area (Å²) in [4.78, 5) is 15.6. The molecule has 7 nitrogen and oxygen atoms in total. The Kier molecular flexibility index (Phi) is 5.08. The number of benzene rings is 2. The van der Waals surface area contributed by atoms with Crippen LogP contribution in [0.25, 0.3) is 11.1 Å². The first kappa shape index (κ1) is 21.1. The Hall–Kier alpha value is -2.74. The second-order valence-corrected chi connectivity index (χ2v) is 9.00. The Morgan fingerprint density at radius 2 is 1.84 bits per heavy atom. The Morgan fingerprint density at radius 1 is 1.12 bits per heavy atom. The topological polar surface area (TPSA) is 81.7 Å². The fraction of sp³-hybridized carbons (Fsp3) is 0.440. The van der Waals surface area contributed by atoms with Crippen LogP contribution in [0, 0.1) is 5.41 Å². The van der Waals surface area contributed by atoms with E-state index >= 15 is 0 Å². The van der Waals surface area contributed by atoms with E-state index in [1.807, 2.05) is 13.3 Å². The lowest BCUT2D eigenvalue weighted by Crippen LogP contribution is -2.42. The van der Waals surface area contributed by atoms with E-state index in [0.29, 0.717) is 5.96 Å². The molecule has 0 radical (unpaired) electrons. The highest BCUT2D eigenvalue weighted by Gasteiger charge is 2.67. The van der Waals surface area contributed by atoms with E-state index in [1.54, 1.807) is 26.3 Å². The smallest absolute Gasteiger partial charge is 0.220 e. The molecule has 3 atom stereocenters. The molecule has 1 heterocycles. The van der Waals surface area contributed by atoms with E-state index in [4.69, 9.17) is 25.0 Å². The number of fused-ring (bicyclic) bond motifs is 3. The van der Waals surface area contributed by atoms with Crippen molar-refractivity contribution in [1.82, 2.24) is 5.06 Å². The van der Waals surface area contributed by atoms with Crippen LogP contribution in [0.15, 0.2) is 52.4 Å². The number of ether oxygens (including phenoxy) is 2. The van der Waals surface area contributed by atoms with Gasteiger partial charge < -0.3 is 15.2 Å². The molecule has 1 saturated carbocycles. The lowest BCUT2D eigenvalue weighted by molar-refractivity contribution is -0.222. The average Bonchev–Trinajstić information content (AvgIpc) is 3.40. The molecule has 0 aromatic heterocycles. The summed E-state index contributed by atoms with van der Waals surface area (Å²) in [7, 11) is 7.08. The Labute approximate surface area is 188 Å². The predicted octanol–water partition coefficient (Wildman–Crippen LogP) is 3.11. The van der Waals surface area contributed by atoms with Crippen molar-refractivity contribution in [2.75, 3.05) is 28.3 Å². The molecule has 1 aliphatic heterocycles. The molecule has 5 rings (SSSR count). The van der Waals surface area contributed by atoms with Crippen molar-refractivity contribution < 1.29 is 14.3 Å². The van der Waals surface area contributed by atoms with Crippen LogP contribution < -0.4 is 5.73 Å². The van der Waals surface area contributed by atoms with Gasteiger partial charge in [-0.2, -0.15) is 0 Å². The summed E-state index contributed by atoms with van der Waals surface area (Å²) < 4.78 is 11.6. The van der Waals surface area contributed by atoms with E-state index in [-0.39, 0.29) is 17.6 Å². The highest BCUT2D eigenvalue weighted by molar-refractivity contribution is 5.83. The number of guanidine groups is 1. The molecular weight excluding hydrogens is 404 g/mol. The van der Waals surface area contributed by atoms with Crippen molar-refractivity contribution in [2.24, 2.45) is 21.1 Å². The van der Waals surface area contributed by atoms with Crippen molar-refractivity contribution >= 4 is 12.2 Å². The summed E-state index contributed by atoms with van der Waals surface area (Å²) in [6, 6.07) is 15.0. The molecule has 2 aliphatic carbocycles. The summed E-state index contributed by atoms with van der Waals surface area (Å²) in [5.41, 5.74) is 10.7. The SMILES string of the molecule is C/N=C/c1cccc(-c2ccc3c(c2)C2(N=C(N)N(C)O2)C2(C3)CC(OC)C(OC)C2)c1. The van der Waals surface area contributed by atoms with Crippen LogP contribution in [0.1, 0.15) is 29.5 Å². The molecule has 0 saturated heterocycles. The van der Waals surface area contributed by atoms with Crippen LogP contribution in [0.3, 0.4) is 0 Å². The normalized spacial score (nSPS) is 31.2. The maximum Gasteiger partial charge on any atom is 0.220 e. The molecule has 3 unspecified atom stereocenters. The zero-order chi connectivity index (χ0) is 22.5. The number of nitrogens with two attached hydrogens (primary N) is 1. The van der Waals surface area contributed by atoms with Crippen LogP contribution in [0.5, 0.6) is 0 Å². The monoisotopic (exact) mass is 434 g/mol. The van der Waals surface area contributed by atoms with Gasteiger partial charge in [0.05, 0.1) is 12.2 Å². The van der Waals surface area contributed by atoms with Gasteiger partial charge >= 0.3 is 0 Å². The molecule has 2 spiro atoms. The standard InChI is InChI=1S/C25H30N4O3/c1-27-15-16-6-5-7-17(10-16)18-8-9-19-12-24(13-21(30-3)22(14-24)31-4)25(20(19)11-18)28-23(26)29(2)32-25/h5-11,15,21-22H,12-14H2,1-4H3,(H2,26,28)/b27-15+. The fourth-order valence-corrected chi connectivity index (χ4v) is 5.77. The van der Waals surface area contributed by atoms with Crippen LogP contribution in [-0.2, 0) is 26.5 Å². The minimum absolute atomic E-state index is 0.0124. The van der Waals surface area contributed by atoms with Gasteiger partial charge in [0.25, 0.3) is 0 Å². The van der Waals surface area contributed by atoms with Gasteiger partial charge in [-0.25, -0.2) is 14.9 Å². The second-order valence-electron chi connectivity index (χ2n) is 9.00. The molecule has 3 aliphatic rings. The third-order valence-corrected chi connectivity index (χ3v) is 7.29. The highest BCUT2D eigenvalue weighted by atomic mass is 16.7. The van der Waals surface area contributed by atoms with Crippen molar-refractivity contribution in [3.63, 3.8) is 0 Å². The van der Waals surface area contributed by atoms with Gasteiger partial charge in [-0.15, -0.1) is 0 Å². The zero-order valence-corrected chi connectivity index (χ0v) is 19.0. The summed E-state index contributed by atoms with van der Waals surface area (Å²) >= 11 is 0. The summed E-state index contributed by atoms with van der Waals surface area (Å²) in [5, 5.41) is 1.59. The van der Waals surface area contributed by atoms with E-state index in [9.17, 15) is 0 Å². The van der Waals surface area contributed by atoms with Crippen molar-refractivity contribution in [1.29, 1.82) is 0 Å². The van der Waals surface area contributed by atoms with Crippen molar-refractivity contribution in [3.05, 3.63) is 59.2 Å². The molecule has 2 N–H and O–H groups in total. The number of aliphatic imine (C=N–C) groups is 2. The van der Waals surface area contributed by atoms with E-state index < -0.39 is 5.72 Å². The van der Waals surface area contributed by atoms with Gasteiger partial charge in [-0.1, -0.05) is 30.3 Å². The molecule has 1 fully saturated rings. The van der Waals surface area contributed by atoms with Gasteiger partial charge in [0.1, 0.15) is 0 Å². The number of nitrogens with zero attached hydrogens (tertiary/aromatic N) is 3. The number of methoxy groups -OCH3 is 2. The molecule has 7 heteroatoms. The third kappa shape index (κ3) is 2.99. The van der Waals surface area contributed by atoms with Crippen molar-refractivity contribution in [3.8, 4) is 11.1 Å². The molecule has 2 aromatic rings. The second kappa shape index (κ2) is 7.69. The maximum absolute atomic E-state index is 6.50. The summed E-state index contributed by atoms with van der Waals surface area (Å²) in [6.45, 7) is 0. The van der Waals surface area contributed by atoms with Gasteiger partial charge in [-0.3, -0.25) is 4.99 Å². The molecule has 2 aromatic carbocycles. The third-order valence-electron chi connectivity index (χ3n) is 7.29. The fourth-order valence-electron chi connectivity index (χ4n) is 5.77. The van der Waals surface area contributed by atoms with Crippen LogP contribution >= 0.6 is 0 Å². The lowest BCUT2D eigenvalue weighted by atomic mass is 9.76. The van der Waals surface area contributed by atoms with Gasteiger partial charge in [0.15, 0.2) is 0 Å². The first-order valence-electron chi connectivity index (χ1n) is 10.9.